The van der Waals surface area contributed by atoms with Gasteiger partial charge >= 0.3 is 0 Å². The highest BCUT2D eigenvalue weighted by molar-refractivity contribution is 7.89. The van der Waals surface area contributed by atoms with Gasteiger partial charge in [0.25, 0.3) is 10.0 Å². The standard InChI is InChI=1S/C15H23N3O2S/c1-3-4-5-10-18(2)21(19,20)15-9-6-13(12-17-15)11-16-14-7-8-14/h3,6,9,12,14,16H,1,4-5,7-8,10-11H2,2H3. The lowest BCUT2D eigenvalue weighted by Crippen LogP contribution is -2.28. The predicted molar refractivity (Wildman–Crippen MR) is 83.3 cm³/mol. The van der Waals surface area contributed by atoms with E-state index in [2.05, 4.69) is 16.9 Å². The second-order valence-corrected chi connectivity index (χ2v) is 7.41. The number of allylic oxidation sites excluding steroid dienone is 1. The molecule has 5 nitrogen and oxygen atoms in total. The van der Waals surface area contributed by atoms with Gasteiger partial charge in [0.1, 0.15) is 0 Å². The Balaban J connectivity index is 1.96. The fourth-order valence-electron chi connectivity index (χ4n) is 1.96. The molecule has 0 bridgehead atoms. The van der Waals surface area contributed by atoms with Gasteiger partial charge in [0.05, 0.1) is 0 Å². The lowest BCUT2D eigenvalue weighted by molar-refractivity contribution is 0.460. The van der Waals surface area contributed by atoms with Crippen molar-refractivity contribution in [3.8, 4) is 0 Å². The number of rotatable bonds is 9. The first-order chi connectivity index (χ1) is 10.0. The van der Waals surface area contributed by atoms with Gasteiger partial charge in [-0.25, -0.2) is 13.4 Å². The summed E-state index contributed by atoms with van der Waals surface area (Å²) in [5.41, 5.74) is 1.01. The molecule has 0 amide bonds. The van der Waals surface area contributed by atoms with Crippen molar-refractivity contribution in [2.45, 2.75) is 43.3 Å². The van der Waals surface area contributed by atoms with Crippen LogP contribution in [0.25, 0.3) is 0 Å². The Morgan fingerprint density at radius 1 is 1.48 bits per heavy atom. The Hall–Kier alpha value is -1.24. The summed E-state index contributed by atoms with van der Waals surface area (Å²) < 4.78 is 26.0. The van der Waals surface area contributed by atoms with Crippen LogP contribution in [0.2, 0.25) is 0 Å². The highest BCUT2D eigenvalue weighted by Gasteiger charge is 2.22. The zero-order valence-electron chi connectivity index (χ0n) is 12.5. The zero-order chi connectivity index (χ0) is 15.3. The quantitative estimate of drug-likeness (QED) is 0.559. The molecule has 2 rings (SSSR count). The largest absolute Gasteiger partial charge is 0.310 e. The molecule has 116 valence electrons. The molecule has 0 saturated heterocycles. The Morgan fingerprint density at radius 3 is 2.81 bits per heavy atom. The summed E-state index contributed by atoms with van der Waals surface area (Å²) in [5.74, 6) is 0. The van der Waals surface area contributed by atoms with Gasteiger partial charge in [-0.2, -0.15) is 4.31 Å². The number of aromatic nitrogens is 1. The molecule has 21 heavy (non-hydrogen) atoms. The molecular weight excluding hydrogens is 286 g/mol. The Morgan fingerprint density at radius 2 is 2.24 bits per heavy atom. The summed E-state index contributed by atoms with van der Waals surface area (Å²) in [4.78, 5) is 4.11. The molecule has 1 aromatic rings. The van der Waals surface area contributed by atoms with Gasteiger partial charge in [0.15, 0.2) is 5.03 Å². The minimum atomic E-state index is -3.49. The van der Waals surface area contributed by atoms with Crippen LogP contribution in [0, 0.1) is 0 Å². The van der Waals surface area contributed by atoms with Crippen molar-refractivity contribution in [1.82, 2.24) is 14.6 Å². The van der Waals surface area contributed by atoms with Crippen LogP contribution in [0.3, 0.4) is 0 Å². The third kappa shape index (κ3) is 4.62. The molecule has 1 saturated carbocycles. The van der Waals surface area contributed by atoms with Crippen LogP contribution in [0.5, 0.6) is 0 Å². The maximum Gasteiger partial charge on any atom is 0.260 e. The molecule has 0 radical (unpaired) electrons. The average molecular weight is 309 g/mol. The molecule has 1 N–H and O–H groups in total. The first-order valence-corrected chi connectivity index (χ1v) is 8.73. The number of unbranched alkanes of at least 4 members (excludes halogenated alkanes) is 1. The highest BCUT2D eigenvalue weighted by atomic mass is 32.2. The molecule has 1 aromatic heterocycles. The van der Waals surface area contributed by atoms with E-state index < -0.39 is 10.0 Å². The minimum Gasteiger partial charge on any atom is -0.310 e. The molecule has 0 aliphatic heterocycles. The third-order valence-corrected chi connectivity index (χ3v) is 5.30. The molecule has 1 fully saturated rings. The van der Waals surface area contributed by atoms with Gasteiger partial charge in [0, 0.05) is 32.4 Å². The first-order valence-electron chi connectivity index (χ1n) is 7.29. The van der Waals surface area contributed by atoms with Crippen LogP contribution in [0.4, 0.5) is 0 Å². The smallest absolute Gasteiger partial charge is 0.260 e. The van der Waals surface area contributed by atoms with Crippen LogP contribution in [0.15, 0.2) is 36.0 Å². The monoisotopic (exact) mass is 309 g/mol. The van der Waals surface area contributed by atoms with E-state index in [0.29, 0.717) is 12.6 Å². The fourth-order valence-corrected chi connectivity index (χ4v) is 3.07. The van der Waals surface area contributed by atoms with Crippen LogP contribution in [-0.2, 0) is 16.6 Å². The van der Waals surface area contributed by atoms with Gasteiger partial charge in [0.2, 0.25) is 0 Å². The van der Waals surface area contributed by atoms with Crippen LogP contribution < -0.4 is 5.32 Å². The van der Waals surface area contributed by atoms with Crippen molar-refractivity contribution in [2.75, 3.05) is 13.6 Å². The van der Waals surface area contributed by atoms with Crippen molar-refractivity contribution in [3.63, 3.8) is 0 Å². The van der Waals surface area contributed by atoms with E-state index in [-0.39, 0.29) is 5.03 Å². The first kappa shape index (κ1) is 16.1. The molecule has 0 atom stereocenters. The maximum atomic E-state index is 12.3. The lowest BCUT2D eigenvalue weighted by Gasteiger charge is -2.16. The summed E-state index contributed by atoms with van der Waals surface area (Å²) in [6.45, 7) is 4.85. The Labute approximate surface area is 127 Å². The van der Waals surface area contributed by atoms with Crippen molar-refractivity contribution < 1.29 is 8.42 Å². The second kappa shape index (κ2) is 7.15. The summed E-state index contributed by atoms with van der Waals surface area (Å²) in [6, 6.07) is 4.04. The van der Waals surface area contributed by atoms with Gasteiger partial charge in [-0.05, 0) is 37.3 Å². The zero-order valence-corrected chi connectivity index (χ0v) is 13.3. The highest BCUT2D eigenvalue weighted by Crippen LogP contribution is 2.19. The number of hydrogen-bond donors (Lipinski definition) is 1. The number of sulfonamides is 1. The van der Waals surface area contributed by atoms with Crippen molar-refractivity contribution in [2.24, 2.45) is 0 Å². The minimum absolute atomic E-state index is 0.110. The summed E-state index contributed by atoms with van der Waals surface area (Å²) >= 11 is 0. The molecule has 0 aromatic carbocycles. The topological polar surface area (TPSA) is 62.3 Å². The molecule has 6 heteroatoms. The van der Waals surface area contributed by atoms with Crippen LogP contribution >= 0.6 is 0 Å². The number of pyridine rings is 1. The number of nitrogens with zero attached hydrogens (tertiary/aromatic N) is 2. The molecule has 1 aliphatic carbocycles. The summed E-state index contributed by atoms with van der Waals surface area (Å²) in [5, 5.41) is 3.49. The van der Waals surface area contributed by atoms with E-state index in [1.54, 1.807) is 25.4 Å². The van der Waals surface area contributed by atoms with E-state index >= 15 is 0 Å². The normalized spacial score (nSPS) is 15.3. The number of hydrogen-bond acceptors (Lipinski definition) is 4. The van der Waals surface area contributed by atoms with Crippen molar-refractivity contribution in [1.29, 1.82) is 0 Å². The van der Waals surface area contributed by atoms with Gasteiger partial charge in [-0.1, -0.05) is 12.1 Å². The second-order valence-electron chi connectivity index (χ2n) is 5.42. The molecule has 0 unspecified atom stereocenters. The van der Waals surface area contributed by atoms with E-state index in [1.807, 2.05) is 6.07 Å². The predicted octanol–water partition coefficient (Wildman–Crippen LogP) is 1.92. The van der Waals surface area contributed by atoms with Crippen LogP contribution in [0.1, 0.15) is 31.2 Å². The van der Waals surface area contributed by atoms with Crippen LogP contribution in [-0.4, -0.2) is 37.3 Å². The van der Waals surface area contributed by atoms with E-state index in [0.717, 1.165) is 24.9 Å². The van der Waals surface area contributed by atoms with E-state index in [9.17, 15) is 8.42 Å². The van der Waals surface area contributed by atoms with E-state index in [1.165, 1.54) is 17.1 Å². The van der Waals surface area contributed by atoms with E-state index in [4.69, 9.17) is 0 Å². The molecular formula is C15H23N3O2S. The third-order valence-electron chi connectivity index (χ3n) is 3.53. The van der Waals surface area contributed by atoms with Crippen molar-refractivity contribution in [3.05, 3.63) is 36.5 Å². The average Bonchev–Trinajstić information content (AvgIpc) is 3.30. The van der Waals surface area contributed by atoms with Gasteiger partial charge in [-0.3, -0.25) is 0 Å². The number of nitrogens with one attached hydrogen (secondary N) is 1. The summed E-state index contributed by atoms with van der Waals surface area (Å²) in [7, 11) is -1.90. The fraction of sp³-hybridized carbons (Fsp3) is 0.533. The van der Waals surface area contributed by atoms with Gasteiger partial charge in [-0.15, -0.1) is 6.58 Å². The molecule has 1 aliphatic rings. The maximum absolute atomic E-state index is 12.3. The van der Waals surface area contributed by atoms with Gasteiger partial charge < -0.3 is 5.32 Å². The summed E-state index contributed by atoms with van der Waals surface area (Å²) in [6.07, 6.45) is 7.46. The SMILES string of the molecule is C=CCCCN(C)S(=O)(=O)c1ccc(CNC2CC2)cn1. The molecule has 0 spiro atoms. The Kier molecular flexibility index (Phi) is 5.50. The van der Waals surface area contributed by atoms with Crippen molar-refractivity contribution >= 4 is 10.0 Å². The Bertz CT molecular complexity index is 565. The molecule has 1 heterocycles. The lowest BCUT2D eigenvalue weighted by atomic mass is 10.3.